The van der Waals surface area contributed by atoms with Gasteiger partial charge in [0, 0.05) is 12.1 Å². The van der Waals surface area contributed by atoms with E-state index in [0.29, 0.717) is 30.7 Å². The van der Waals surface area contributed by atoms with Crippen molar-refractivity contribution in [2.45, 2.75) is 71.0 Å². The Morgan fingerprint density at radius 2 is 1.66 bits per heavy atom. The predicted octanol–water partition coefficient (Wildman–Crippen LogP) is 4.18. The van der Waals surface area contributed by atoms with Gasteiger partial charge in [-0.15, -0.1) is 0 Å². The lowest BCUT2D eigenvalue weighted by atomic mass is 9.86. The SMILES string of the molecule is CC(C)CC(NC(=O)c1ccc(C(C)(C)C)cc1)C(=O)N1CCC2C1C(=O)CN2C(=O)Oc1ccccc1. The highest BCUT2D eigenvalue weighted by atomic mass is 16.6. The lowest BCUT2D eigenvalue weighted by Crippen LogP contribution is -2.53. The van der Waals surface area contributed by atoms with Gasteiger partial charge in [0.25, 0.3) is 5.91 Å². The van der Waals surface area contributed by atoms with Gasteiger partial charge in [-0.3, -0.25) is 19.3 Å². The molecule has 38 heavy (non-hydrogen) atoms. The number of Topliss-reactive ketones (excluding diaryl/α,β-unsaturated/α-hetero) is 1. The largest absolute Gasteiger partial charge is 0.415 e. The Labute approximate surface area is 224 Å². The van der Waals surface area contributed by atoms with Gasteiger partial charge in [0.1, 0.15) is 17.8 Å². The van der Waals surface area contributed by atoms with Crippen LogP contribution >= 0.6 is 0 Å². The summed E-state index contributed by atoms with van der Waals surface area (Å²) < 4.78 is 5.46. The zero-order valence-corrected chi connectivity index (χ0v) is 22.8. The third-order valence-electron chi connectivity index (χ3n) is 7.21. The van der Waals surface area contributed by atoms with Crippen LogP contribution in [0.25, 0.3) is 0 Å². The molecule has 0 radical (unpaired) electrons. The second-order valence-electron chi connectivity index (χ2n) is 11.6. The van der Waals surface area contributed by atoms with Crippen LogP contribution in [0.1, 0.15) is 63.4 Å². The number of likely N-dealkylation sites (tertiary alicyclic amines) is 2. The summed E-state index contributed by atoms with van der Waals surface area (Å²) in [4.78, 5) is 55.6. The second kappa shape index (κ2) is 11.0. The number of carbonyl (C=O) groups is 4. The Bertz CT molecular complexity index is 1190. The number of hydrogen-bond donors (Lipinski definition) is 1. The van der Waals surface area contributed by atoms with Gasteiger partial charge in [-0.1, -0.05) is 65.0 Å². The molecule has 2 aliphatic heterocycles. The minimum Gasteiger partial charge on any atom is -0.410 e. The van der Waals surface area contributed by atoms with Crippen LogP contribution in [-0.4, -0.2) is 64.7 Å². The van der Waals surface area contributed by atoms with Gasteiger partial charge in [0.05, 0.1) is 12.6 Å². The quantitative estimate of drug-likeness (QED) is 0.618. The molecular formula is C30H37N3O5. The van der Waals surface area contributed by atoms with Crippen LogP contribution in [-0.2, 0) is 15.0 Å². The van der Waals surface area contributed by atoms with E-state index in [2.05, 4.69) is 26.1 Å². The van der Waals surface area contributed by atoms with E-state index in [4.69, 9.17) is 4.74 Å². The molecule has 8 nitrogen and oxygen atoms in total. The van der Waals surface area contributed by atoms with E-state index in [1.165, 1.54) is 4.90 Å². The smallest absolute Gasteiger partial charge is 0.410 e. The highest BCUT2D eigenvalue weighted by molar-refractivity contribution is 6.00. The predicted molar refractivity (Wildman–Crippen MR) is 144 cm³/mol. The standard InChI is InChI=1S/C30H37N3O5/c1-19(2)17-23(31-27(35)20-11-13-21(14-12-20)30(3,4)5)28(36)32-16-15-24-26(32)25(34)18-33(24)29(37)38-22-9-7-6-8-10-22/h6-14,19,23-24,26H,15-18H2,1-5H3,(H,31,35). The first-order valence-electron chi connectivity index (χ1n) is 13.2. The molecule has 202 valence electrons. The van der Waals surface area contributed by atoms with Crippen LogP contribution in [0, 0.1) is 5.92 Å². The van der Waals surface area contributed by atoms with Crippen molar-refractivity contribution in [3.05, 3.63) is 65.7 Å². The number of nitrogens with one attached hydrogen (secondary N) is 1. The van der Waals surface area contributed by atoms with Crippen LogP contribution in [0.4, 0.5) is 4.79 Å². The number of hydrogen-bond acceptors (Lipinski definition) is 5. The molecule has 1 N–H and O–H groups in total. The molecule has 3 unspecified atom stereocenters. The lowest BCUT2D eigenvalue weighted by molar-refractivity contribution is -0.138. The van der Waals surface area contributed by atoms with Gasteiger partial charge in [0.15, 0.2) is 5.78 Å². The summed E-state index contributed by atoms with van der Waals surface area (Å²) in [6.07, 6.45) is 0.312. The average molecular weight is 520 g/mol. The minimum atomic E-state index is -0.776. The van der Waals surface area contributed by atoms with Crippen LogP contribution < -0.4 is 10.1 Å². The van der Waals surface area contributed by atoms with Gasteiger partial charge in [-0.25, -0.2) is 4.79 Å². The summed E-state index contributed by atoms with van der Waals surface area (Å²) in [5.41, 5.74) is 1.56. The third-order valence-corrected chi connectivity index (χ3v) is 7.21. The number of nitrogens with zero attached hydrogens (tertiary/aromatic N) is 2. The molecule has 2 fully saturated rings. The van der Waals surface area contributed by atoms with Crippen LogP contribution in [0.2, 0.25) is 0 Å². The number of carbonyl (C=O) groups excluding carboxylic acids is 4. The summed E-state index contributed by atoms with van der Waals surface area (Å²) in [5.74, 6) is -0.279. The molecule has 3 atom stereocenters. The van der Waals surface area contributed by atoms with Crippen molar-refractivity contribution >= 4 is 23.7 Å². The molecule has 2 aromatic rings. The molecule has 0 spiro atoms. The molecule has 2 saturated heterocycles. The maximum Gasteiger partial charge on any atom is 0.415 e. The van der Waals surface area contributed by atoms with Crippen molar-refractivity contribution in [3.8, 4) is 5.75 Å². The number of para-hydroxylation sites is 1. The number of ketones is 1. The first-order valence-corrected chi connectivity index (χ1v) is 13.2. The maximum absolute atomic E-state index is 13.7. The molecule has 2 aliphatic rings. The topological polar surface area (TPSA) is 96.0 Å². The second-order valence-corrected chi connectivity index (χ2v) is 11.6. The number of rotatable bonds is 6. The first kappa shape index (κ1) is 27.4. The zero-order valence-electron chi connectivity index (χ0n) is 22.8. The molecular weight excluding hydrogens is 482 g/mol. The molecule has 2 aromatic carbocycles. The van der Waals surface area contributed by atoms with Crippen LogP contribution in [0.3, 0.4) is 0 Å². The lowest BCUT2D eigenvalue weighted by Gasteiger charge is -2.29. The van der Waals surface area contributed by atoms with E-state index >= 15 is 0 Å². The Morgan fingerprint density at radius 1 is 1.00 bits per heavy atom. The zero-order chi connectivity index (χ0) is 27.6. The number of ether oxygens (including phenoxy) is 1. The molecule has 0 aromatic heterocycles. The third kappa shape index (κ3) is 5.90. The van der Waals surface area contributed by atoms with Crippen LogP contribution in [0.5, 0.6) is 5.75 Å². The molecule has 0 aliphatic carbocycles. The van der Waals surface area contributed by atoms with E-state index in [9.17, 15) is 19.2 Å². The van der Waals surface area contributed by atoms with Gasteiger partial charge in [0.2, 0.25) is 5.91 Å². The fourth-order valence-electron chi connectivity index (χ4n) is 5.22. The summed E-state index contributed by atoms with van der Waals surface area (Å²) in [7, 11) is 0. The summed E-state index contributed by atoms with van der Waals surface area (Å²) in [6, 6.07) is 14.1. The fourth-order valence-corrected chi connectivity index (χ4v) is 5.22. The Hall–Kier alpha value is -3.68. The van der Waals surface area contributed by atoms with Gasteiger partial charge in [-0.2, -0.15) is 0 Å². The number of fused-ring (bicyclic) bond motifs is 1. The van der Waals surface area contributed by atoms with E-state index in [1.807, 2.05) is 32.0 Å². The highest BCUT2D eigenvalue weighted by Crippen LogP contribution is 2.31. The highest BCUT2D eigenvalue weighted by Gasteiger charge is 2.52. The Morgan fingerprint density at radius 3 is 2.26 bits per heavy atom. The van der Waals surface area contributed by atoms with Gasteiger partial charge in [-0.05, 0) is 54.0 Å². The van der Waals surface area contributed by atoms with E-state index in [0.717, 1.165) is 5.56 Å². The fraction of sp³-hybridized carbons (Fsp3) is 0.467. The summed E-state index contributed by atoms with van der Waals surface area (Å²) in [5, 5.41) is 2.91. The molecule has 3 amide bonds. The average Bonchev–Trinajstić information content (AvgIpc) is 3.44. The van der Waals surface area contributed by atoms with E-state index in [-0.39, 0.29) is 35.5 Å². The van der Waals surface area contributed by atoms with E-state index in [1.54, 1.807) is 41.3 Å². The van der Waals surface area contributed by atoms with Gasteiger partial charge < -0.3 is 15.0 Å². The Balaban J connectivity index is 1.47. The van der Waals surface area contributed by atoms with Crippen molar-refractivity contribution in [2.24, 2.45) is 5.92 Å². The molecule has 2 heterocycles. The van der Waals surface area contributed by atoms with Crippen LogP contribution in [0.15, 0.2) is 54.6 Å². The monoisotopic (exact) mass is 519 g/mol. The van der Waals surface area contributed by atoms with E-state index < -0.39 is 24.2 Å². The normalized spacial score (nSPS) is 19.9. The summed E-state index contributed by atoms with van der Waals surface area (Å²) in [6.45, 7) is 10.5. The van der Waals surface area contributed by atoms with Crippen molar-refractivity contribution < 1.29 is 23.9 Å². The van der Waals surface area contributed by atoms with Crippen molar-refractivity contribution in [1.82, 2.24) is 15.1 Å². The molecule has 8 heteroatoms. The Kier molecular flexibility index (Phi) is 7.90. The molecule has 0 bridgehead atoms. The number of benzene rings is 2. The summed E-state index contributed by atoms with van der Waals surface area (Å²) >= 11 is 0. The minimum absolute atomic E-state index is 0.0351. The maximum atomic E-state index is 13.7. The first-order chi connectivity index (χ1) is 18.0. The van der Waals surface area contributed by atoms with Crippen molar-refractivity contribution in [2.75, 3.05) is 13.1 Å². The van der Waals surface area contributed by atoms with Gasteiger partial charge >= 0.3 is 6.09 Å². The number of amides is 3. The van der Waals surface area contributed by atoms with Crippen molar-refractivity contribution in [3.63, 3.8) is 0 Å². The van der Waals surface area contributed by atoms with Crippen molar-refractivity contribution in [1.29, 1.82) is 0 Å². The molecule has 0 saturated carbocycles. The molecule has 4 rings (SSSR count).